The van der Waals surface area contributed by atoms with Crippen LogP contribution in [0.25, 0.3) is 0 Å². The van der Waals surface area contributed by atoms with Crippen molar-refractivity contribution < 1.29 is 0 Å². The highest BCUT2D eigenvalue weighted by Gasteiger charge is 1.96. The van der Waals surface area contributed by atoms with Crippen molar-refractivity contribution in [1.29, 1.82) is 0 Å². The molecule has 47 valence electrons. The molecule has 0 aliphatic heterocycles. The van der Waals surface area contributed by atoms with Gasteiger partial charge in [-0.25, -0.2) is 4.98 Å². The Bertz CT molecular complexity index is 224. The van der Waals surface area contributed by atoms with Crippen LogP contribution in [-0.4, -0.2) is 9.97 Å². The largest absolute Gasteiger partial charge is 0.255 e. The van der Waals surface area contributed by atoms with Gasteiger partial charge in [0, 0.05) is 0 Å². The van der Waals surface area contributed by atoms with E-state index in [1.165, 1.54) is 6.20 Å². The number of nitrogens with zero attached hydrogens (tertiary/aromatic N) is 2. The highest BCUT2D eigenvalue weighted by Crippen LogP contribution is 2.11. The quantitative estimate of drug-likeness (QED) is 0.582. The lowest BCUT2D eigenvalue weighted by molar-refractivity contribution is 1.16. The molecule has 9 heavy (non-hydrogen) atoms. The third-order valence-electron chi connectivity index (χ3n) is 0.770. The molecule has 0 aromatic carbocycles. The number of rotatable bonds is 0. The molecule has 1 heterocycles. The molecule has 0 unspecified atom stereocenters. The summed E-state index contributed by atoms with van der Waals surface area (Å²) < 4.78 is 0. The summed E-state index contributed by atoms with van der Waals surface area (Å²) in [4.78, 5) is 7.42. The fourth-order valence-corrected chi connectivity index (χ4v) is 0.688. The first-order chi connectivity index (χ1) is 4.20. The fraction of sp³-hybridized carbons (Fsp3) is 0. The number of aromatic nitrogens is 2. The topological polar surface area (TPSA) is 25.8 Å². The Kier molecular flexibility index (Phi) is 1.88. The van der Waals surface area contributed by atoms with Gasteiger partial charge in [-0.05, 0) is 6.92 Å². The van der Waals surface area contributed by atoms with Gasteiger partial charge < -0.3 is 0 Å². The van der Waals surface area contributed by atoms with E-state index in [-0.39, 0.29) is 10.3 Å². The predicted molar refractivity (Wildman–Crippen MR) is 36.5 cm³/mol. The van der Waals surface area contributed by atoms with E-state index in [0.29, 0.717) is 5.69 Å². The van der Waals surface area contributed by atoms with Gasteiger partial charge >= 0.3 is 0 Å². The summed E-state index contributed by atoms with van der Waals surface area (Å²) in [5, 5.41) is 0.537. The summed E-state index contributed by atoms with van der Waals surface area (Å²) >= 11 is 10.9. The van der Waals surface area contributed by atoms with Gasteiger partial charge in [0.25, 0.3) is 0 Å². The molecule has 1 aromatic heterocycles. The van der Waals surface area contributed by atoms with Crippen molar-refractivity contribution in [1.82, 2.24) is 9.97 Å². The highest BCUT2D eigenvalue weighted by atomic mass is 35.5. The van der Waals surface area contributed by atoms with Gasteiger partial charge in [-0.1, -0.05) is 23.2 Å². The average molecular weight is 162 g/mol. The highest BCUT2D eigenvalue weighted by molar-refractivity contribution is 6.32. The van der Waals surface area contributed by atoms with Gasteiger partial charge in [0.15, 0.2) is 5.15 Å². The van der Waals surface area contributed by atoms with Crippen molar-refractivity contribution in [2.45, 2.75) is 0 Å². The maximum atomic E-state index is 5.49. The predicted octanol–water partition coefficient (Wildman–Crippen LogP) is 1.97. The maximum Gasteiger partial charge on any atom is 0.152 e. The van der Waals surface area contributed by atoms with Crippen LogP contribution < -0.4 is 0 Å². The van der Waals surface area contributed by atoms with Crippen LogP contribution in [0.3, 0.4) is 0 Å². The second-order valence-corrected chi connectivity index (χ2v) is 2.18. The smallest absolute Gasteiger partial charge is 0.152 e. The molecule has 0 N–H and O–H groups in total. The molecule has 0 amide bonds. The molecule has 1 radical (unpaired) electrons. The lowest BCUT2D eigenvalue weighted by atomic mass is 10.5. The van der Waals surface area contributed by atoms with Crippen LogP contribution in [0.15, 0.2) is 6.20 Å². The second kappa shape index (κ2) is 2.50. The third kappa shape index (κ3) is 1.53. The number of hydrogen-bond acceptors (Lipinski definition) is 2. The minimum absolute atomic E-state index is 0.252. The minimum atomic E-state index is 0.252. The van der Waals surface area contributed by atoms with Gasteiger partial charge in [0.2, 0.25) is 0 Å². The van der Waals surface area contributed by atoms with Crippen molar-refractivity contribution in [2.24, 2.45) is 0 Å². The molecule has 0 aliphatic carbocycles. The summed E-state index contributed by atoms with van der Waals surface area (Å²) in [6.45, 7) is 3.50. The molecule has 2 nitrogen and oxygen atoms in total. The van der Waals surface area contributed by atoms with Crippen molar-refractivity contribution >= 4 is 23.2 Å². The molecule has 4 heteroatoms. The average Bonchev–Trinajstić information content (AvgIpc) is 1.80. The van der Waals surface area contributed by atoms with Crippen molar-refractivity contribution in [3.05, 3.63) is 29.1 Å². The Morgan fingerprint density at radius 2 is 2.11 bits per heavy atom. The van der Waals surface area contributed by atoms with E-state index in [9.17, 15) is 0 Å². The third-order valence-corrected chi connectivity index (χ3v) is 1.25. The molecule has 1 rings (SSSR count). The summed E-state index contributed by atoms with van der Waals surface area (Å²) in [5.41, 5.74) is 0.445. The Hall–Kier alpha value is -0.340. The van der Waals surface area contributed by atoms with Gasteiger partial charge in [-0.3, -0.25) is 4.98 Å². The van der Waals surface area contributed by atoms with Crippen LogP contribution in [-0.2, 0) is 0 Å². The van der Waals surface area contributed by atoms with E-state index < -0.39 is 0 Å². The van der Waals surface area contributed by atoms with Crippen LogP contribution in [0.4, 0.5) is 0 Å². The second-order valence-electron chi connectivity index (χ2n) is 1.43. The molecule has 0 spiro atoms. The Morgan fingerprint density at radius 3 is 2.56 bits per heavy atom. The molecule has 0 saturated heterocycles. The summed E-state index contributed by atoms with van der Waals surface area (Å²) in [7, 11) is 0. The first kappa shape index (κ1) is 6.78. The van der Waals surface area contributed by atoms with Gasteiger partial charge in [-0.2, -0.15) is 0 Å². The van der Waals surface area contributed by atoms with Crippen molar-refractivity contribution in [3.8, 4) is 0 Å². The van der Waals surface area contributed by atoms with Gasteiger partial charge in [-0.15, -0.1) is 0 Å². The molecule has 0 aliphatic rings. The molecular formula is C5H3Cl2N2. The molecule has 0 saturated carbocycles. The summed E-state index contributed by atoms with van der Waals surface area (Å²) in [5.74, 6) is 0. The Balaban J connectivity index is 3.17. The van der Waals surface area contributed by atoms with E-state index >= 15 is 0 Å². The zero-order valence-corrected chi connectivity index (χ0v) is 5.95. The van der Waals surface area contributed by atoms with Crippen LogP contribution in [0.2, 0.25) is 10.3 Å². The molecule has 0 bridgehead atoms. The SMILES string of the molecule is [CH2]c1ncc(Cl)nc1Cl. The normalized spacial score (nSPS) is 9.67. The van der Waals surface area contributed by atoms with E-state index in [1.54, 1.807) is 0 Å². The van der Waals surface area contributed by atoms with Crippen LogP contribution in [0.5, 0.6) is 0 Å². The van der Waals surface area contributed by atoms with Gasteiger partial charge in [0.05, 0.1) is 11.9 Å². The van der Waals surface area contributed by atoms with E-state index in [0.717, 1.165) is 0 Å². The number of halogens is 2. The first-order valence-electron chi connectivity index (χ1n) is 2.20. The molecule has 1 aromatic rings. The summed E-state index contributed by atoms with van der Waals surface area (Å²) in [6, 6.07) is 0. The van der Waals surface area contributed by atoms with Crippen LogP contribution in [0.1, 0.15) is 5.69 Å². The summed E-state index contributed by atoms with van der Waals surface area (Å²) in [6.07, 6.45) is 1.40. The fourth-order valence-electron chi connectivity index (χ4n) is 0.372. The molecule has 0 atom stereocenters. The van der Waals surface area contributed by atoms with E-state index in [1.807, 2.05) is 0 Å². The Labute approximate surface area is 62.8 Å². The van der Waals surface area contributed by atoms with Crippen LogP contribution in [0, 0.1) is 6.92 Å². The first-order valence-corrected chi connectivity index (χ1v) is 2.96. The standard InChI is InChI=1S/C5H3Cl2N2/c1-3-5(7)9-4(6)2-8-3/h2H,1H2. The lowest BCUT2D eigenvalue weighted by Crippen LogP contribution is -1.85. The zero-order valence-electron chi connectivity index (χ0n) is 4.43. The van der Waals surface area contributed by atoms with E-state index in [4.69, 9.17) is 23.2 Å². The molecule has 0 fully saturated rings. The zero-order chi connectivity index (χ0) is 6.85. The monoisotopic (exact) mass is 161 g/mol. The van der Waals surface area contributed by atoms with Crippen LogP contribution >= 0.6 is 23.2 Å². The van der Waals surface area contributed by atoms with Crippen molar-refractivity contribution in [2.75, 3.05) is 0 Å². The van der Waals surface area contributed by atoms with E-state index in [2.05, 4.69) is 16.9 Å². The van der Waals surface area contributed by atoms with Gasteiger partial charge in [0.1, 0.15) is 5.15 Å². The maximum absolute atomic E-state index is 5.49. The van der Waals surface area contributed by atoms with Crippen molar-refractivity contribution in [3.63, 3.8) is 0 Å². The molecular weight excluding hydrogens is 159 g/mol. The lowest BCUT2D eigenvalue weighted by Gasteiger charge is -1.92. The minimum Gasteiger partial charge on any atom is -0.255 e. The number of hydrogen-bond donors (Lipinski definition) is 0. The Morgan fingerprint density at radius 1 is 1.44 bits per heavy atom.